The molecule has 1 unspecified atom stereocenters. The Morgan fingerprint density at radius 2 is 1.95 bits per heavy atom. The van der Waals surface area contributed by atoms with Crippen LogP contribution in [0.5, 0.6) is 5.75 Å². The van der Waals surface area contributed by atoms with Crippen molar-refractivity contribution in [2.75, 3.05) is 0 Å². The van der Waals surface area contributed by atoms with Gasteiger partial charge in [0, 0.05) is 6.42 Å². The molecular formula is C12H11N3O5S. The van der Waals surface area contributed by atoms with E-state index < -0.39 is 28.2 Å². The molecule has 2 rings (SSSR count). The van der Waals surface area contributed by atoms with Crippen LogP contribution in [-0.2, 0) is 9.59 Å². The number of aromatic hydroxyl groups is 1. The molecule has 1 saturated heterocycles. The van der Waals surface area contributed by atoms with Crippen molar-refractivity contribution in [3.63, 3.8) is 0 Å². The average molecular weight is 309 g/mol. The number of hydrogen-bond donors (Lipinski definition) is 4. The molecule has 1 fully saturated rings. The van der Waals surface area contributed by atoms with E-state index in [-0.39, 0.29) is 17.7 Å². The van der Waals surface area contributed by atoms with Crippen molar-refractivity contribution in [2.45, 2.75) is 11.7 Å². The number of rotatable bonds is 3. The molecule has 1 aromatic carbocycles. The van der Waals surface area contributed by atoms with Gasteiger partial charge in [-0.3, -0.25) is 35.3 Å². The third-order valence-electron chi connectivity index (χ3n) is 2.60. The molecule has 0 spiro atoms. The summed E-state index contributed by atoms with van der Waals surface area (Å²) in [7, 11) is 0. The van der Waals surface area contributed by atoms with E-state index in [0.29, 0.717) is 0 Å². The number of thioether (sulfide) groups is 1. The van der Waals surface area contributed by atoms with Gasteiger partial charge in [0.05, 0.1) is 5.56 Å². The first-order valence-electron chi connectivity index (χ1n) is 5.86. The first-order valence-corrected chi connectivity index (χ1v) is 6.74. The lowest BCUT2D eigenvalue weighted by Gasteiger charge is -2.09. The van der Waals surface area contributed by atoms with Gasteiger partial charge in [-0.2, -0.15) is 0 Å². The van der Waals surface area contributed by atoms with Gasteiger partial charge >= 0.3 is 0 Å². The van der Waals surface area contributed by atoms with Crippen LogP contribution in [0.15, 0.2) is 24.3 Å². The Kier molecular flexibility index (Phi) is 4.43. The predicted octanol–water partition coefficient (Wildman–Crippen LogP) is -0.105. The van der Waals surface area contributed by atoms with E-state index in [1.54, 1.807) is 12.1 Å². The van der Waals surface area contributed by atoms with Crippen LogP contribution in [0.4, 0.5) is 4.79 Å². The van der Waals surface area contributed by atoms with Gasteiger partial charge in [-0.05, 0) is 12.1 Å². The van der Waals surface area contributed by atoms with Crippen LogP contribution in [0.25, 0.3) is 0 Å². The zero-order chi connectivity index (χ0) is 15.4. The van der Waals surface area contributed by atoms with Crippen LogP contribution in [-0.4, -0.2) is 33.3 Å². The number of hydrogen-bond acceptors (Lipinski definition) is 6. The summed E-state index contributed by atoms with van der Waals surface area (Å²) in [6.45, 7) is 0. The number of imide groups is 1. The molecule has 0 radical (unpaired) electrons. The molecular weight excluding hydrogens is 298 g/mol. The van der Waals surface area contributed by atoms with Crippen LogP contribution < -0.4 is 16.2 Å². The highest BCUT2D eigenvalue weighted by Crippen LogP contribution is 2.21. The Labute approximate surface area is 123 Å². The van der Waals surface area contributed by atoms with Crippen molar-refractivity contribution in [1.29, 1.82) is 0 Å². The minimum absolute atomic E-state index is 0.000891. The summed E-state index contributed by atoms with van der Waals surface area (Å²) in [5.41, 5.74) is 4.23. The van der Waals surface area contributed by atoms with Gasteiger partial charge in [-0.25, -0.2) is 0 Å². The van der Waals surface area contributed by atoms with Crippen LogP contribution in [0, 0.1) is 0 Å². The van der Waals surface area contributed by atoms with Crippen molar-refractivity contribution >= 4 is 34.7 Å². The molecule has 0 aliphatic carbocycles. The molecule has 110 valence electrons. The quantitative estimate of drug-likeness (QED) is 0.578. The summed E-state index contributed by atoms with van der Waals surface area (Å²) < 4.78 is 0. The van der Waals surface area contributed by atoms with E-state index in [1.807, 2.05) is 0 Å². The van der Waals surface area contributed by atoms with E-state index in [9.17, 15) is 24.3 Å². The number of benzene rings is 1. The Morgan fingerprint density at radius 1 is 1.24 bits per heavy atom. The fourth-order valence-electron chi connectivity index (χ4n) is 1.61. The zero-order valence-corrected chi connectivity index (χ0v) is 11.4. The topological polar surface area (TPSA) is 125 Å². The Hall–Kier alpha value is -2.55. The van der Waals surface area contributed by atoms with Crippen molar-refractivity contribution in [1.82, 2.24) is 16.2 Å². The van der Waals surface area contributed by atoms with Crippen molar-refractivity contribution in [3.05, 3.63) is 29.8 Å². The first-order chi connectivity index (χ1) is 9.97. The minimum Gasteiger partial charge on any atom is -0.507 e. The third-order valence-corrected chi connectivity index (χ3v) is 3.58. The lowest BCUT2D eigenvalue weighted by molar-refractivity contribution is -0.125. The molecule has 4 N–H and O–H groups in total. The maximum atomic E-state index is 11.7. The van der Waals surface area contributed by atoms with Gasteiger partial charge in [0.15, 0.2) is 0 Å². The van der Waals surface area contributed by atoms with E-state index in [2.05, 4.69) is 16.2 Å². The number of amides is 4. The average Bonchev–Trinajstić information content (AvgIpc) is 2.74. The summed E-state index contributed by atoms with van der Waals surface area (Å²) in [5, 5.41) is 10.2. The highest BCUT2D eigenvalue weighted by molar-refractivity contribution is 8.15. The lowest BCUT2D eigenvalue weighted by Crippen LogP contribution is -2.43. The van der Waals surface area contributed by atoms with E-state index in [0.717, 1.165) is 11.8 Å². The summed E-state index contributed by atoms with van der Waals surface area (Å²) in [6.07, 6.45) is -0.247. The van der Waals surface area contributed by atoms with Crippen molar-refractivity contribution < 1.29 is 24.3 Å². The van der Waals surface area contributed by atoms with Crippen LogP contribution >= 0.6 is 11.8 Å². The molecule has 21 heavy (non-hydrogen) atoms. The molecule has 9 heteroatoms. The van der Waals surface area contributed by atoms with E-state index in [4.69, 9.17) is 0 Å². The van der Waals surface area contributed by atoms with Crippen molar-refractivity contribution in [3.8, 4) is 5.75 Å². The first kappa shape index (κ1) is 14.9. The maximum absolute atomic E-state index is 11.7. The summed E-state index contributed by atoms with van der Waals surface area (Å²) in [4.78, 5) is 45.5. The molecule has 1 heterocycles. The monoisotopic (exact) mass is 309 g/mol. The minimum atomic E-state index is -0.806. The SMILES string of the molecule is O=C(CC1SC(=O)NC1=O)NNC(=O)c1ccccc1O. The Balaban J connectivity index is 1.84. The smallest absolute Gasteiger partial charge is 0.286 e. The summed E-state index contributed by atoms with van der Waals surface area (Å²) in [6, 6.07) is 5.83. The molecule has 1 aliphatic heterocycles. The Bertz CT molecular complexity index is 619. The highest BCUT2D eigenvalue weighted by Gasteiger charge is 2.33. The normalized spacial score (nSPS) is 17.2. The number of hydrazine groups is 1. The second-order valence-electron chi connectivity index (χ2n) is 4.11. The van der Waals surface area contributed by atoms with Gasteiger partial charge in [-0.15, -0.1) is 0 Å². The summed E-state index contributed by atoms with van der Waals surface area (Å²) in [5.74, 6) is -2.07. The molecule has 0 bridgehead atoms. The Morgan fingerprint density at radius 3 is 2.57 bits per heavy atom. The van der Waals surface area contributed by atoms with Crippen LogP contribution in [0.2, 0.25) is 0 Å². The van der Waals surface area contributed by atoms with E-state index in [1.165, 1.54) is 12.1 Å². The fourth-order valence-corrected chi connectivity index (χ4v) is 2.43. The number of nitrogens with one attached hydrogen (secondary N) is 3. The van der Waals surface area contributed by atoms with Gasteiger partial charge in [0.25, 0.3) is 11.1 Å². The predicted molar refractivity (Wildman–Crippen MR) is 73.3 cm³/mol. The number of carbonyl (C=O) groups excluding carboxylic acids is 4. The van der Waals surface area contributed by atoms with Gasteiger partial charge < -0.3 is 5.11 Å². The maximum Gasteiger partial charge on any atom is 0.286 e. The standard InChI is InChI=1S/C12H11N3O5S/c16-7-4-2-1-3-6(7)10(18)15-14-9(17)5-8-11(19)13-12(20)21-8/h1-4,8,16H,5H2,(H,14,17)(H,15,18)(H,13,19,20). The molecule has 1 atom stereocenters. The molecule has 1 aliphatic rings. The van der Waals surface area contributed by atoms with Gasteiger partial charge in [-0.1, -0.05) is 23.9 Å². The van der Waals surface area contributed by atoms with Crippen LogP contribution in [0.1, 0.15) is 16.8 Å². The largest absolute Gasteiger partial charge is 0.507 e. The molecule has 8 nitrogen and oxygen atoms in total. The number of phenolic OH excluding ortho intramolecular Hbond substituents is 1. The fraction of sp³-hybridized carbons (Fsp3) is 0.167. The van der Waals surface area contributed by atoms with Gasteiger partial charge in [0.2, 0.25) is 11.8 Å². The molecule has 4 amide bonds. The van der Waals surface area contributed by atoms with Gasteiger partial charge in [0.1, 0.15) is 11.0 Å². The third kappa shape index (κ3) is 3.72. The summed E-state index contributed by atoms with van der Waals surface area (Å²) >= 11 is 0.722. The number of para-hydroxylation sites is 1. The van der Waals surface area contributed by atoms with Crippen molar-refractivity contribution in [2.24, 2.45) is 0 Å². The van der Waals surface area contributed by atoms with E-state index >= 15 is 0 Å². The molecule has 0 saturated carbocycles. The van der Waals surface area contributed by atoms with Crippen LogP contribution in [0.3, 0.4) is 0 Å². The second-order valence-corrected chi connectivity index (χ2v) is 5.28. The number of carbonyl (C=O) groups is 4. The number of phenols is 1. The molecule has 1 aromatic rings. The molecule has 0 aromatic heterocycles. The zero-order valence-electron chi connectivity index (χ0n) is 10.6. The highest BCUT2D eigenvalue weighted by atomic mass is 32.2. The lowest BCUT2D eigenvalue weighted by atomic mass is 10.2. The second kappa shape index (κ2) is 6.27.